The fraction of sp³-hybridized carbons (Fsp3) is 0.280. The van der Waals surface area contributed by atoms with Gasteiger partial charge < -0.3 is 25.2 Å². The minimum Gasteiger partial charge on any atom is -0.392 e. The normalized spacial score (nSPS) is 13.4. The summed E-state index contributed by atoms with van der Waals surface area (Å²) in [6, 6.07) is 11.3. The number of rotatable bonds is 4. The van der Waals surface area contributed by atoms with Crippen LogP contribution < -0.4 is 21.1 Å². The van der Waals surface area contributed by atoms with E-state index in [1.54, 1.807) is 31.3 Å². The van der Waals surface area contributed by atoms with Crippen molar-refractivity contribution in [3.63, 3.8) is 0 Å². The number of anilines is 3. The van der Waals surface area contributed by atoms with Crippen LogP contribution in [0.3, 0.4) is 0 Å². The van der Waals surface area contributed by atoms with Crippen molar-refractivity contribution >= 4 is 23.0 Å². The summed E-state index contributed by atoms with van der Waals surface area (Å²) in [7, 11) is 3.40. The maximum atomic E-state index is 13.6. The lowest BCUT2D eigenvalue weighted by Gasteiger charge is -2.25. The second kappa shape index (κ2) is 8.51. The Morgan fingerprint density at radius 2 is 1.84 bits per heavy atom. The molecule has 1 aliphatic rings. The standard InChI is InChI=1S/C25H28N4O3/c1-15-10-19-21(11-16(15)2)27-8-9-29(24(19)31)23-7-5-6-18(20(23)14-30)17-12-22(26-3)25(32)28(4)13-17/h5-7,10-13,26-27,30H,8-9,14H2,1-4H3. The molecular weight excluding hydrogens is 404 g/mol. The quantitative estimate of drug-likeness (QED) is 0.589. The lowest BCUT2D eigenvalue weighted by molar-refractivity contribution is 0.0989. The van der Waals surface area contributed by atoms with Gasteiger partial charge in [-0.25, -0.2) is 0 Å². The van der Waals surface area contributed by atoms with Crippen molar-refractivity contribution in [3.05, 3.63) is 75.2 Å². The first-order chi connectivity index (χ1) is 15.3. The van der Waals surface area contributed by atoms with Crippen LogP contribution in [0.25, 0.3) is 11.1 Å². The van der Waals surface area contributed by atoms with E-state index in [1.165, 1.54) is 4.57 Å². The lowest BCUT2D eigenvalue weighted by Crippen LogP contribution is -2.33. The molecule has 0 saturated heterocycles. The summed E-state index contributed by atoms with van der Waals surface area (Å²) >= 11 is 0. The first kappa shape index (κ1) is 21.6. The Bertz CT molecular complexity index is 1260. The molecule has 0 bridgehead atoms. The molecule has 4 rings (SSSR count). The van der Waals surface area contributed by atoms with Crippen LogP contribution in [-0.2, 0) is 13.7 Å². The molecule has 1 aromatic heterocycles. The molecule has 7 heteroatoms. The zero-order chi connectivity index (χ0) is 23.0. The van der Waals surface area contributed by atoms with Crippen LogP contribution in [0.4, 0.5) is 17.1 Å². The van der Waals surface area contributed by atoms with Crippen LogP contribution in [0.1, 0.15) is 27.0 Å². The van der Waals surface area contributed by atoms with Gasteiger partial charge in [-0.05, 0) is 54.8 Å². The third-order valence-corrected chi connectivity index (χ3v) is 6.12. The average molecular weight is 433 g/mol. The molecular formula is C25H28N4O3. The molecule has 0 saturated carbocycles. The Morgan fingerprint density at radius 3 is 2.56 bits per heavy atom. The molecule has 2 heterocycles. The Kier molecular flexibility index (Phi) is 5.76. The van der Waals surface area contributed by atoms with Gasteiger partial charge in [0.25, 0.3) is 11.5 Å². The number of benzene rings is 2. The number of nitrogens with one attached hydrogen (secondary N) is 2. The highest BCUT2D eigenvalue weighted by atomic mass is 16.3. The number of aliphatic hydroxyl groups is 1. The number of nitrogens with zero attached hydrogens (tertiary/aromatic N) is 2. The Labute approximate surface area is 187 Å². The van der Waals surface area contributed by atoms with E-state index in [1.807, 2.05) is 44.2 Å². The summed E-state index contributed by atoms with van der Waals surface area (Å²) in [5.41, 5.74) is 6.86. The van der Waals surface area contributed by atoms with Gasteiger partial charge in [0, 0.05) is 50.2 Å². The smallest absolute Gasteiger partial charge is 0.273 e. The SMILES string of the molecule is CNc1cc(-c2cccc(N3CCNc4cc(C)c(C)cc4C3=O)c2CO)cn(C)c1=O. The van der Waals surface area contributed by atoms with Gasteiger partial charge >= 0.3 is 0 Å². The number of aromatic nitrogens is 1. The van der Waals surface area contributed by atoms with Crippen molar-refractivity contribution in [2.75, 3.05) is 35.7 Å². The zero-order valence-corrected chi connectivity index (χ0v) is 18.8. The van der Waals surface area contributed by atoms with Crippen molar-refractivity contribution < 1.29 is 9.90 Å². The Hall–Kier alpha value is -3.58. The first-order valence-corrected chi connectivity index (χ1v) is 10.6. The predicted molar refractivity (Wildman–Crippen MR) is 129 cm³/mol. The van der Waals surface area contributed by atoms with Crippen molar-refractivity contribution in [3.8, 4) is 11.1 Å². The highest BCUT2D eigenvalue weighted by Gasteiger charge is 2.27. The zero-order valence-electron chi connectivity index (χ0n) is 18.8. The first-order valence-electron chi connectivity index (χ1n) is 10.6. The van der Waals surface area contributed by atoms with Crippen LogP contribution in [0.5, 0.6) is 0 Å². The van der Waals surface area contributed by atoms with Crippen LogP contribution in [-0.4, -0.2) is 35.7 Å². The maximum absolute atomic E-state index is 13.6. The molecule has 3 N–H and O–H groups in total. The van der Waals surface area contributed by atoms with Gasteiger partial charge in [-0.15, -0.1) is 0 Å². The van der Waals surface area contributed by atoms with Crippen LogP contribution >= 0.6 is 0 Å². The highest BCUT2D eigenvalue weighted by molar-refractivity contribution is 6.11. The van der Waals surface area contributed by atoms with Gasteiger partial charge in [-0.1, -0.05) is 12.1 Å². The molecule has 0 fully saturated rings. The van der Waals surface area contributed by atoms with Crippen molar-refractivity contribution in [2.45, 2.75) is 20.5 Å². The molecule has 32 heavy (non-hydrogen) atoms. The van der Waals surface area contributed by atoms with Crippen LogP contribution in [0.15, 0.2) is 47.4 Å². The topological polar surface area (TPSA) is 86.6 Å². The van der Waals surface area contributed by atoms with Crippen LogP contribution in [0.2, 0.25) is 0 Å². The number of carbonyl (C=O) groups excluding carboxylic acids is 1. The Morgan fingerprint density at radius 1 is 1.09 bits per heavy atom. The third-order valence-electron chi connectivity index (χ3n) is 6.12. The van der Waals surface area contributed by atoms with Gasteiger partial charge in [0.2, 0.25) is 0 Å². The summed E-state index contributed by atoms with van der Waals surface area (Å²) < 4.78 is 1.51. The second-order valence-electron chi connectivity index (χ2n) is 8.14. The van der Waals surface area contributed by atoms with E-state index < -0.39 is 0 Å². The third kappa shape index (κ3) is 3.65. The van der Waals surface area contributed by atoms with E-state index in [4.69, 9.17) is 0 Å². The van der Waals surface area contributed by atoms with E-state index in [-0.39, 0.29) is 18.1 Å². The number of hydrogen-bond acceptors (Lipinski definition) is 5. The molecule has 166 valence electrons. The molecule has 2 aromatic carbocycles. The summed E-state index contributed by atoms with van der Waals surface area (Å²) in [4.78, 5) is 27.6. The highest BCUT2D eigenvalue weighted by Crippen LogP contribution is 2.34. The summed E-state index contributed by atoms with van der Waals surface area (Å²) in [5, 5.41) is 16.6. The van der Waals surface area contributed by atoms with Gasteiger partial charge in [0.1, 0.15) is 5.69 Å². The largest absolute Gasteiger partial charge is 0.392 e. The summed E-state index contributed by atoms with van der Waals surface area (Å²) in [6.45, 7) is 4.86. The van der Waals surface area contributed by atoms with Gasteiger partial charge in [-0.2, -0.15) is 0 Å². The number of carbonyl (C=O) groups is 1. The molecule has 0 unspecified atom stereocenters. The van der Waals surface area contributed by atoms with Crippen LogP contribution in [0, 0.1) is 13.8 Å². The van der Waals surface area contributed by atoms with E-state index >= 15 is 0 Å². The van der Waals surface area contributed by atoms with Gasteiger partial charge in [0.05, 0.1) is 17.9 Å². The second-order valence-corrected chi connectivity index (χ2v) is 8.14. The number of pyridine rings is 1. The van der Waals surface area contributed by atoms with E-state index in [9.17, 15) is 14.7 Å². The molecule has 7 nitrogen and oxygen atoms in total. The number of amides is 1. The summed E-state index contributed by atoms with van der Waals surface area (Å²) in [6.07, 6.45) is 1.74. The fourth-order valence-electron chi connectivity index (χ4n) is 4.22. The van der Waals surface area contributed by atoms with Gasteiger partial charge in [0.15, 0.2) is 0 Å². The number of aryl methyl sites for hydroxylation is 3. The Balaban J connectivity index is 1.85. The molecule has 0 aliphatic carbocycles. The summed E-state index contributed by atoms with van der Waals surface area (Å²) in [5.74, 6) is -0.101. The molecule has 1 amide bonds. The molecule has 1 aliphatic heterocycles. The molecule has 0 atom stereocenters. The maximum Gasteiger partial charge on any atom is 0.273 e. The fourth-order valence-corrected chi connectivity index (χ4v) is 4.22. The van der Waals surface area contributed by atoms with E-state index in [0.29, 0.717) is 35.6 Å². The molecule has 0 spiro atoms. The number of hydrogen-bond donors (Lipinski definition) is 3. The number of aliphatic hydroxyl groups excluding tert-OH is 1. The average Bonchev–Trinajstić information content (AvgIpc) is 2.94. The van der Waals surface area contributed by atoms with Crippen molar-refractivity contribution in [1.82, 2.24) is 4.57 Å². The molecule has 3 aromatic rings. The van der Waals surface area contributed by atoms with Crippen molar-refractivity contribution in [2.24, 2.45) is 7.05 Å². The van der Waals surface area contributed by atoms with Crippen molar-refractivity contribution in [1.29, 1.82) is 0 Å². The van der Waals surface area contributed by atoms with Gasteiger partial charge in [-0.3, -0.25) is 9.59 Å². The van der Waals surface area contributed by atoms with E-state index in [2.05, 4.69) is 10.6 Å². The number of fused-ring (bicyclic) bond motifs is 1. The minimum absolute atomic E-state index is 0.101. The monoisotopic (exact) mass is 432 g/mol. The lowest BCUT2D eigenvalue weighted by atomic mass is 9.98. The minimum atomic E-state index is -0.236. The predicted octanol–water partition coefficient (Wildman–Crippen LogP) is 3.28. The molecule has 0 radical (unpaired) electrons. The van der Waals surface area contributed by atoms with E-state index in [0.717, 1.165) is 27.9 Å².